The molecular weight excluding hydrogens is 238 g/mol. The van der Waals surface area contributed by atoms with E-state index in [0.717, 1.165) is 37.8 Å². The number of aryl methyl sites for hydroxylation is 2. The lowest BCUT2D eigenvalue weighted by atomic mass is 10.0. The van der Waals surface area contributed by atoms with Gasteiger partial charge >= 0.3 is 0 Å². The number of nitrogens with zero attached hydrogens (tertiary/aromatic N) is 2. The number of rotatable bonds is 9. The Balaban J connectivity index is 2.57. The van der Waals surface area contributed by atoms with Gasteiger partial charge in [0.25, 0.3) is 0 Å². The zero-order valence-electron chi connectivity index (χ0n) is 13.1. The molecule has 19 heavy (non-hydrogen) atoms. The van der Waals surface area contributed by atoms with Gasteiger partial charge in [0.2, 0.25) is 5.95 Å². The Hall–Kier alpha value is -1.03. The van der Waals surface area contributed by atoms with E-state index in [0.29, 0.717) is 12.0 Å². The van der Waals surface area contributed by atoms with Crippen molar-refractivity contribution in [3.05, 3.63) is 11.9 Å². The van der Waals surface area contributed by atoms with Gasteiger partial charge in [-0.1, -0.05) is 20.3 Å². The van der Waals surface area contributed by atoms with Crippen molar-refractivity contribution in [2.24, 2.45) is 5.92 Å². The van der Waals surface area contributed by atoms with Crippen LogP contribution in [0, 0.1) is 12.8 Å². The largest absolute Gasteiger partial charge is 0.382 e. The number of ether oxygens (including phenoxy) is 1. The van der Waals surface area contributed by atoms with E-state index in [-0.39, 0.29) is 0 Å². The molecule has 1 aromatic rings. The van der Waals surface area contributed by atoms with Gasteiger partial charge in [-0.3, -0.25) is 0 Å². The molecule has 0 bridgehead atoms. The molecule has 0 saturated carbocycles. The van der Waals surface area contributed by atoms with Crippen molar-refractivity contribution in [1.29, 1.82) is 0 Å². The Bertz CT molecular complexity index is 362. The van der Waals surface area contributed by atoms with Crippen molar-refractivity contribution in [3.63, 3.8) is 0 Å². The summed E-state index contributed by atoms with van der Waals surface area (Å²) in [5, 5.41) is 3.53. The predicted molar refractivity (Wildman–Crippen MR) is 80.6 cm³/mol. The van der Waals surface area contributed by atoms with E-state index < -0.39 is 0 Å². The lowest BCUT2D eigenvalue weighted by Crippen LogP contribution is -2.25. The molecule has 0 aliphatic rings. The third-order valence-electron chi connectivity index (χ3n) is 3.64. The average Bonchev–Trinajstić information content (AvgIpc) is 2.73. The van der Waals surface area contributed by atoms with Gasteiger partial charge in [-0.05, 0) is 33.1 Å². The second-order valence-electron chi connectivity index (χ2n) is 5.27. The minimum atomic E-state index is 0.442. The van der Waals surface area contributed by atoms with E-state index in [4.69, 9.17) is 4.74 Å². The Morgan fingerprint density at radius 3 is 2.74 bits per heavy atom. The normalized spacial score (nSPS) is 14.4. The fourth-order valence-corrected chi connectivity index (χ4v) is 2.01. The molecule has 0 aliphatic carbocycles. The molecular formula is C15H29N3O. The van der Waals surface area contributed by atoms with Gasteiger partial charge < -0.3 is 14.6 Å². The molecule has 1 N–H and O–H groups in total. The standard InChI is InChI=1S/C15H29N3O/c1-6-12(3)14(5)17-15-16-13(4)11-18(15)9-8-10-19-7-2/h11-12,14H,6-10H2,1-5H3,(H,16,17). The zero-order valence-corrected chi connectivity index (χ0v) is 13.1. The van der Waals surface area contributed by atoms with Gasteiger partial charge in [-0.25, -0.2) is 4.98 Å². The van der Waals surface area contributed by atoms with Crippen molar-refractivity contribution in [3.8, 4) is 0 Å². The van der Waals surface area contributed by atoms with E-state index >= 15 is 0 Å². The van der Waals surface area contributed by atoms with Gasteiger partial charge in [0, 0.05) is 32.0 Å². The summed E-state index contributed by atoms with van der Waals surface area (Å²) in [5.41, 5.74) is 1.07. The van der Waals surface area contributed by atoms with Crippen LogP contribution in [0.2, 0.25) is 0 Å². The molecule has 0 fully saturated rings. The molecule has 0 spiro atoms. The minimum Gasteiger partial charge on any atom is -0.382 e. The molecule has 2 unspecified atom stereocenters. The molecule has 2 atom stereocenters. The molecule has 1 heterocycles. The molecule has 1 rings (SSSR count). The molecule has 4 nitrogen and oxygen atoms in total. The number of imidazole rings is 1. The van der Waals surface area contributed by atoms with Crippen molar-refractivity contribution < 1.29 is 4.74 Å². The molecule has 1 aromatic heterocycles. The highest BCUT2D eigenvalue weighted by Crippen LogP contribution is 2.15. The average molecular weight is 267 g/mol. The Kier molecular flexibility index (Phi) is 6.92. The molecule has 110 valence electrons. The lowest BCUT2D eigenvalue weighted by Gasteiger charge is -2.21. The summed E-state index contributed by atoms with van der Waals surface area (Å²) in [6.45, 7) is 13.3. The first kappa shape index (κ1) is 16.0. The highest BCUT2D eigenvalue weighted by atomic mass is 16.5. The Morgan fingerprint density at radius 2 is 2.11 bits per heavy atom. The van der Waals surface area contributed by atoms with E-state index in [9.17, 15) is 0 Å². The monoisotopic (exact) mass is 267 g/mol. The number of aromatic nitrogens is 2. The molecule has 0 saturated heterocycles. The summed E-state index contributed by atoms with van der Waals surface area (Å²) in [5.74, 6) is 1.63. The molecule has 4 heteroatoms. The topological polar surface area (TPSA) is 39.1 Å². The Labute approximate surface area is 117 Å². The van der Waals surface area contributed by atoms with Crippen LogP contribution in [0.25, 0.3) is 0 Å². The van der Waals surface area contributed by atoms with Crippen LogP contribution in [0.5, 0.6) is 0 Å². The summed E-state index contributed by atoms with van der Waals surface area (Å²) in [4.78, 5) is 4.58. The van der Waals surface area contributed by atoms with Crippen LogP contribution in [0.15, 0.2) is 6.20 Å². The third-order valence-corrected chi connectivity index (χ3v) is 3.64. The van der Waals surface area contributed by atoms with Crippen LogP contribution in [-0.2, 0) is 11.3 Å². The fourth-order valence-electron chi connectivity index (χ4n) is 2.01. The molecule has 0 aliphatic heterocycles. The van der Waals surface area contributed by atoms with Gasteiger partial charge in [-0.15, -0.1) is 0 Å². The maximum Gasteiger partial charge on any atom is 0.203 e. The second-order valence-corrected chi connectivity index (χ2v) is 5.27. The summed E-state index contributed by atoms with van der Waals surface area (Å²) in [7, 11) is 0. The maximum absolute atomic E-state index is 5.38. The first-order valence-corrected chi connectivity index (χ1v) is 7.46. The predicted octanol–water partition coefficient (Wildman–Crippen LogP) is 3.46. The maximum atomic E-state index is 5.38. The van der Waals surface area contributed by atoms with Crippen LogP contribution in [0.1, 0.15) is 46.2 Å². The van der Waals surface area contributed by atoms with Crippen LogP contribution >= 0.6 is 0 Å². The van der Waals surface area contributed by atoms with Crippen molar-refractivity contribution in [2.75, 3.05) is 18.5 Å². The summed E-state index contributed by atoms with van der Waals surface area (Å²) in [6.07, 6.45) is 4.31. The SMILES string of the molecule is CCOCCCn1cc(C)nc1NC(C)C(C)CC. The highest BCUT2D eigenvalue weighted by molar-refractivity contribution is 5.30. The summed E-state index contributed by atoms with van der Waals surface area (Å²) in [6, 6.07) is 0.442. The van der Waals surface area contributed by atoms with Gasteiger partial charge in [-0.2, -0.15) is 0 Å². The summed E-state index contributed by atoms with van der Waals surface area (Å²) >= 11 is 0. The van der Waals surface area contributed by atoms with E-state index in [2.05, 4.69) is 41.8 Å². The van der Waals surface area contributed by atoms with Crippen LogP contribution in [0.4, 0.5) is 5.95 Å². The molecule has 0 radical (unpaired) electrons. The first-order valence-electron chi connectivity index (χ1n) is 7.46. The third kappa shape index (κ3) is 5.23. The number of nitrogens with one attached hydrogen (secondary N) is 1. The number of hydrogen-bond acceptors (Lipinski definition) is 3. The highest BCUT2D eigenvalue weighted by Gasteiger charge is 2.13. The van der Waals surface area contributed by atoms with Gasteiger partial charge in [0.05, 0.1) is 5.69 Å². The second kappa shape index (κ2) is 8.20. The molecule has 0 aromatic carbocycles. The number of anilines is 1. The van der Waals surface area contributed by atoms with Gasteiger partial charge in [0.15, 0.2) is 0 Å². The van der Waals surface area contributed by atoms with Crippen LogP contribution < -0.4 is 5.32 Å². The fraction of sp³-hybridized carbons (Fsp3) is 0.800. The van der Waals surface area contributed by atoms with E-state index in [1.807, 2.05) is 13.8 Å². The van der Waals surface area contributed by atoms with E-state index in [1.165, 1.54) is 6.42 Å². The van der Waals surface area contributed by atoms with Gasteiger partial charge in [0.1, 0.15) is 0 Å². The smallest absolute Gasteiger partial charge is 0.203 e. The first-order chi connectivity index (χ1) is 9.08. The van der Waals surface area contributed by atoms with Crippen molar-refractivity contribution in [1.82, 2.24) is 9.55 Å². The quantitative estimate of drug-likeness (QED) is 0.696. The summed E-state index contributed by atoms with van der Waals surface area (Å²) < 4.78 is 7.59. The number of hydrogen-bond donors (Lipinski definition) is 1. The Morgan fingerprint density at radius 1 is 1.37 bits per heavy atom. The van der Waals surface area contributed by atoms with Crippen molar-refractivity contribution >= 4 is 5.95 Å². The van der Waals surface area contributed by atoms with Crippen LogP contribution in [-0.4, -0.2) is 28.8 Å². The minimum absolute atomic E-state index is 0.442. The van der Waals surface area contributed by atoms with Crippen molar-refractivity contribution in [2.45, 2.75) is 60.0 Å². The van der Waals surface area contributed by atoms with E-state index in [1.54, 1.807) is 0 Å². The zero-order chi connectivity index (χ0) is 14.3. The molecule has 0 amide bonds. The van der Waals surface area contributed by atoms with Crippen LogP contribution in [0.3, 0.4) is 0 Å². The lowest BCUT2D eigenvalue weighted by molar-refractivity contribution is 0.142.